The Kier molecular flexibility index (Phi) is 2.18. The van der Waals surface area contributed by atoms with E-state index in [4.69, 9.17) is 5.11 Å². The quantitative estimate of drug-likeness (QED) is 0.624. The smallest absolute Gasteiger partial charge is 0.303 e. The molecule has 11 heavy (non-hydrogen) atoms. The summed E-state index contributed by atoms with van der Waals surface area (Å²) in [6, 6.07) is 0. The van der Waals surface area contributed by atoms with Crippen LogP contribution in [0.15, 0.2) is 0 Å². The molecule has 1 unspecified atom stereocenters. The lowest BCUT2D eigenvalue weighted by Gasteiger charge is -2.25. The van der Waals surface area contributed by atoms with E-state index in [0.717, 1.165) is 13.0 Å². The van der Waals surface area contributed by atoms with Gasteiger partial charge in [0, 0.05) is 12.0 Å². The molecule has 0 aromatic rings. The van der Waals surface area contributed by atoms with Gasteiger partial charge in [0.1, 0.15) is 0 Å². The van der Waals surface area contributed by atoms with Crippen molar-refractivity contribution in [1.82, 2.24) is 5.32 Å². The van der Waals surface area contributed by atoms with Crippen molar-refractivity contribution in [3.63, 3.8) is 0 Å². The Morgan fingerprint density at radius 3 is 2.73 bits per heavy atom. The van der Waals surface area contributed by atoms with Crippen LogP contribution < -0.4 is 5.32 Å². The second kappa shape index (κ2) is 2.81. The zero-order chi connectivity index (χ0) is 8.48. The maximum atomic E-state index is 10.4. The molecule has 1 saturated heterocycles. The number of carbonyl (C=O) groups is 1. The van der Waals surface area contributed by atoms with Gasteiger partial charge >= 0.3 is 5.97 Å². The van der Waals surface area contributed by atoms with Crippen LogP contribution in [0.3, 0.4) is 0 Å². The maximum absolute atomic E-state index is 10.4. The van der Waals surface area contributed by atoms with Gasteiger partial charge in [0.25, 0.3) is 0 Å². The molecule has 0 aromatic heterocycles. The highest BCUT2D eigenvalue weighted by molar-refractivity contribution is 5.67. The van der Waals surface area contributed by atoms with Gasteiger partial charge in [0.15, 0.2) is 0 Å². The van der Waals surface area contributed by atoms with Gasteiger partial charge in [-0.3, -0.25) is 4.79 Å². The van der Waals surface area contributed by atoms with Crippen LogP contribution in [0.2, 0.25) is 0 Å². The third kappa shape index (κ3) is 1.93. The summed E-state index contributed by atoms with van der Waals surface area (Å²) in [7, 11) is 0. The van der Waals surface area contributed by atoms with Gasteiger partial charge in [-0.2, -0.15) is 0 Å². The average Bonchev–Trinajstić information content (AvgIpc) is 2.10. The molecule has 0 radical (unpaired) electrons. The fraction of sp³-hybridized carbons (Fsp3) is 0.875. The highest BCUT2D eigenvalue weighted by atomic mass is 16.4. The summed E-state index contributed by atoms with van der Waals surface area (Å²) in [6.45, 7) is 5.08. The van der Waals surface area contributed by atoms with Crippen LogP contribution in [0.1, 0.15) is 26.7 Å². The van der Waals surface area contributed by atoms with Gasteiger partial charge < -0.3 is 10.4 Å². The molecule has 1 aliphatic rings. The molecule has 1 fully saturated rings. The van der Waals surface area contributed by atoms with E-state index < -0.39 is 5.97 Å². The molecule has 1 atom stereocenters. The predicted molar refractivity (Wildman–Crippen MR) is 42.4 cm³/mol. The van der Waals surface area contributed by atoms with Gasteiger partial charge in [0.2, 0.25) is 0 Å². The second-order valence-corrected chi connectivity index (χ2v) is 3.73. The van der Waals surface area contributed by atoms with E-state index in [1.165, 1.54) is 0 Å². The second-order valence-electron chi connectivity index (χ2n) is 3.73. The van der Waals surface area contributed by atoms with Crippen LogP contribution in [0.25, 0.3) is 0 Å². The number of hydrogen-bond acceptors (Lipinski definition) is 2. The topological polar surface area (TPSA) is 49.3 Å². The minimum Gasteiger partial charge on any atom is -0.481 e. The molecule has 0 amide bonds. The Balaban J connectivity index is 2.51. The maximum Gasteiger partial charge on any atom is 0.303 e. The van der Waals surface area contributed by atoms with E-state index in [9.17, 15) is 4.79 Å². The molecule has 0 spiro atoms. The minimum atomic E-state index is -0.688. The number of carboxylic acids is 1. The molecule has 0 aliphatic carbocycles. The molecule has 0 aromatic carbocycles. The van der Waals surface area contributed by atoms with E-state index in [1.807, 2.05) is 0 Å². The number of carboxylic acid groups (broad SMARTS) is 1. The van der Waals surface area contributed by atoms with E-state index in [1.54, 1.807) is 0 Å². The number of hydrogen-bond donors (Lipinski definition) is 2. The first kappa shape index (κ1) is 8.53. The van der Waals surface area contributed by atoms with E-state index in [0.29, 0.717) is 12.3 Å². The third-order valence-corrected chi connectivity index (χ3v) is 2.52. The SMILES string of the molecule is CC1(C)NCCC1CC(=O)O. The average molecular weight is 157 g/mol. The zero-order valence-electron chi connectivity index (χ0n) is 7.05. The standard InChI is InChI=1S/C8H15NO2/c1-8(2)6(3-4-9-8)5-7(10)11/h6,9H,3-5H2,1-2H3,(H,10,11). The van der Waals surface area contributed by atoms with Gasteiger partial charge in [0.05, 0.1) is 0 Å². The van der Waals surface area contributed by atoms with Crippen molar-refractivity contribution in [3.05, 3.63) is 0 Å². The summed E-state index contributed by atoms with van der Waals surface area (Å²) in [6.07, 6.45) is 1.28. The fourth-order valence-corrected chi connectivity index (χ4v) is 1.64. The predicted octanol–water partition coefficient (Wildman–Crippen LogP) is 0.849. The molecule has 0 saturated carbocycles. The normalized spacial score (nSPS) is 28.7. The first-order valence-electron chi connectivity index (χ1n) is 3.99. The van der Waals surface area contributed by atoms with Crippen LogP contribution in [-0.4, -0.2) is 23.2 Å². The van der Waals surface area contributed by atoms with Gasteiger partial charge in [-0.1, -0.05) is 0 Å². The Morgan fingerprint density at radius 1 is 1.73 bits per heavy atom. The number of aliphatic carboxylic acids is 1. The van der Waals surface area contributed by atoms with Crippen molar-refractivity contribution < 1.29 is 9.90 Å². The number of rotatable bonds is 2. The Bertz CT molecular complexity index is 165. The Morgan fingerprint density at radius 2 is 2.36 bits per heavy atom. The molecular weight excluding hydrogens is 142 g/mol. The third-order valence-electron chi connectivity index (χ3n) is 2.52. The van der Waals surface area contributed by atoms with Gasteiger partial charge in [-0.05, 0) is 32.7 Å². The lowest BCUT2D eigenvalue weighted by molar-refractivity contribution is -0.138. The molecule has 1 aliphatic heterocycles. The van der Waals surface area contributed by atoms with Crippen molar-refractivity contribution in [2.45, 2.75) is 32.2 Å². The summed E-state index contributed by atoms with van der Waals surface area (Å²) < 4.78 is 0. The fourth-order valence-electron chi connectivity index (χ4n) is 1.64. The highest BCUT2D eigenvalue weighted by Crippen LogP contribution is 2.28. The summed E-state index contributed by atoms with van der Waals surface area (Å²) in [5.41, 5.74) is 0.0123. The van der Waals surface area contributed by atoms with Crippen molar-refractivity contribution >= 4 is 5.97 Å². The minimum absolute atomic E-state index is 0.0123. The Hall–Kier alpha value is -0.570. The molecule has 64 valence electrons. The largest absolute Gasteiger partial charge is 0.481 e. The van der Waals surface area contributed by atoms with Crippen molar-refractivity contribution in [2.75, 3.05) is 6.54 Å². The van der Waals surface area contributed by atoms with Gasteiger partial charge in [-0.25, -0.2) is 0 Å². The zero-order valence-corrected chi connectivity index (χ0v) is 7.05. The van der Waals surface area contributed by atoms with Crippen LogP contribution in [0, 0.1) is 5.92 Å². The molecule has 1 heterocycles. The van der Waals surface area contributed by atoms with Crippen LogP contribution in [0.5, 0.6) is 0 Å². The van der Waals surface area contributed by atoms with Crippen LogP contribution in [-0.2, 0) is 4.79 Å². The van der Waals surface area contributed by atoms with Crippen molar-refractivity contribution in [2.24, 2.45) is 5.92 Å². The Labute approximate surface area is 66.8 Å². The molecule has 3 nitrogen and oxygen atoms in total. The molecule has 2 N–H and O–H groups in total. The molecule has 3 heteroatoms. The van der Waals surface area contributed by atoms with Crippen LogP contribution in [0.4, 0.5) is 0 Å². The highest BCUT2D eigenvalue weighted by Gasteiger charge is 2.34. The molecule has 0 bridgehead atoms. The van der Waals surface area contributed by atoms with Gasteiger partial charge in [-0.15, -0.1) is 0 Å². The van der Waals surface area contributed by atoms with E-state index in [-0.39, 0.29) is 5.54 Å². The number of nitrogens with one attached hydrogen (secondary N) is 1. The van der Waals surface area contributed by atoms with Crippen molar-refractivity contribution in [1.29, 1.82) is 0 Å². The summed E-state index contributed by atoms with van der Waals surface area (Å²) >= 11 is 0. The first-order chi connectivity index (χ1) is 5.02. The summed E-state index contributed by atoms with van der Waals surface area (Å²) in [5.74, 6) is -0.397. The summed E-state index contributed by atoms with van der Waals surface area (Å²) in [4.78, 5) is 10.4. The van der Waals surface area contributed by atoms with E-state index in [2.05, 4.69) is 19.2 Å². The molecule has 1 rings (SSSR count). The first-order valence-corrected chi connectivity index (χ1v) is 3.99. The lowest BCUT2D eigenvalue weighted by Crippen LogP contribution is -2.38. The summed E-state index contributed by atoms with van der Waals surface area (Å²) in [5, 5.41) is 11.9. The monoisotopic (exact) mass is 157 g/mol. The van der Waals surface area contributed by atoms with E-state index >= 15 is 0 Å². The van der Waals surface area contributed by atoms with Crippen molar-refractivity contribution in [3.8, 4) is 0 Å². The van der Waals surface area contributed by atoms with Crippen LogP contribution >= 0.6 is 0 Å². The lowest BCUT2D eigenvalue weighted by atomic mass is 9.87. The molecular formula is C8H15NO2.